The van der Waals surface area contributed by atoms with Crippen molar-refractivity contribution < 1.29 is 29.2 Å². The number of aliphatic hydroxyl groups is 2. The molecule has 0 amide bonds. The SMILES string of the molecule is COc1ccc(C(OC2C(O)C(n3ccc(=O)[nH]c3=O)OC2C(C)O)(c2ccccc2)c2ccc(OC)cc2)cc1. The summed E-state index contributed by atoms with van der Waals surface area (Å²) in [5, 5.41) is 22.4. The number of methoxy groups -OCH3 is 2. The summed E-state index contributed by atoms with van der Waals surface area (Å²) in [6.07, 6.45) is -4.63. The third-order valence-corrected chi connectivity index (χ3v) is 7.34. The van der Waals surface area contributed by atoms with Crippen molar-refractivity contribution in [3.05, 3.63) is 129 Å². The number of aromatic amines is 1. The van der Waals surface area contributed by atoms with Gasteiger partial charge in [0.15, 0.2) is 6.23 Å². The minimum Gasteiger partial charge on any atom is -0.497 e. The van der Waals surface area contributed by atoms with E-state index < -0.39 is 47.5 Å². The normalized spacial score (nSPS) is 21.4. The average Bonchev–Trinajstić information content (AvgIpc) is 3.32. The Labute approximate surface area is 236 Å². The lowest BCUT2D eigenvalue weighted by Gasteiger charge is -2.40. The lowest BCUT2D eigenvalue weighted by Crippen LogP contribution is -2.47. The smallest absolute Gasteiger partial charge is 0.330 e. The van der Waals surface area contributed by atoms with Crippen LogP contribution in [0.15, 0.2) is 101 Å². The quantitative estimate of drug-likeness (QED) is 0.266. The zero-order chi connectivity index (χ0) is 29.1. The van der Waals surface area contributed by atoms with Gasteiger partial charge in [0.2, 0.25) is 0 Å². The van der Waals surface area contributed by atoms with Gasteiger partial charge < -0.3 is 29.2 Å². The Kier molecular flexibility index (Phi) is 8.09. The molecule has 41 heavy (non-hydrogen) atoms. The largest absolute Gasteiger partial charge is 0.497 e. The number of nitrogens with one attached hydrogen (secondary N) is 1. The minimum atomic E-state index is -1.40. The van der Waals surface area contributed by atoms with E-state index in [9.17, 15) is 19.8 Å². The van der Waals surface area contributed by atoms with Crippen molar-refractivity contribution in [2.75, 3.05) is 14.2 Å². The number of aromatic nitrogens is 2. The molecule has 0 aliphatic carbocycles. The minimum absolute atomic E-state index is 0.583. The fourth-order valence-electron chi connectivity index (χ4n) is 5.29. The highest BCUT2D eigenvalue weighted by atomic mass is 16.6. The second kappa shape index (κ2) is 11.7. The van der Waals surface area contributed by atoms with Crippen LogP contribution in [0.2, 0.25) is 0 Å². The Hall–Kier alpha value is -4.22. The van der Waals surface area contributed by atoms with E-state index >= 15 is 0 Å². The van der Waals surface area contributed by atoms with Gasteiger partial charge in [0.05, 0.1) is 20.3 Å². The molecule has 5 atom stereocenters. The van der Waals surface area contributed by atoms with Crippen molar-refractivity contribution in [3.8, 4) is 11.5 Å². The lowest BCUT2D eigenvalue weighted by atomic mass is 9.79. The van der Waals surface area contributed by atoms with Gasteiger partial charge in [-0.2, -0.15) is 0 Å². The monoisotopic (exact) mass is 560 g/mol. The Morgan fingerprint density at radius 2 is 1.39 bits per heavy atom. The first-order valence-corrected chi connectivity index (χ1v) is 13.1. The van der Waals surface area contributed by atoms with Crippen molar-refractivity contribution in [2.24, 2.45) is 0 Å². The third kappa shape index (κ3) is 5.30. The standard InChI is InChI=1S/C31H32N2O8/c1-19(34)27-28(26(36)29(40-27)33-18-17-25(35)32-30(33)37)41-31(20-7-5-4-6-8-20,21-9-13-23(38-2)14-10-21)22-11-15-24(39-3)16-12-22/h4-19,26-29,34,36H,1-3H3,(H,32,35,37). The van der Waals surface area contributed by atoms with Crippen LogP contribution in [0.5, 0.6) is 11.5 Å². The van der Waals surface area contributed by atoms with Crippen LogP contribution >= 0.6 is 0 Å². The van der Waals surface area contributed by atoms with Crippen molar-refractivity contribution in [1.29, 1.82) is 0 Å². The van der Waals surface area contributed by atoms with E-state index in [0.29, 0.717) is 11.5 Å². The number of nitrogens with zero attached hydrogens (tertiary/aromatic N) is 1. The highest BCUT2D eigenvalue weighted by molar-refractivity contribution is 5.50. The van der Waals surface area contributed by atoms with E-state index in [4.69, 9.17) is 18.9 Å². The molecule has 0 spiro atoms. The molecular formula is C31H32N2O8. The molecular weight excluding hydrogens is 528 g/mol. The van der Waals surface area contributed by atoms with Crippen molar-refractivity contribution in [2.45, 2.75) is 43.2 Å². The molecule has 3 N–H and O–H groups in total. The van der Waals surface area contributed by atoms with Crippen molar-refractivity contribution in [1.82, 2.24) is 9.55 Å². The predicted octanol–water partition coefficient (Wildman–Crippen LogP) is 2.57. The number of hydrogen-bond acceptors (Lipinski definition) is 8. The van der Waals surface area contributed by atoms with Crippen molar-refractivity contribution >= 4 is 0 Å². The molecule has 10 heteroatoms. The van der Waals surface area contributed by atoms with E-state index in [0.717, 1.165) is 27.3 Å². The maximum Gasteiger partial charge on any atom is 0.330 e. The zero-order valence-corrected chi connectivity index (χ0v) is 22.8. The Morgan fingerprint density at radius 1 is 0.854 bits per heavy atom. The summed E-state index contributed by atoms with van der Waals surface area (Å²) < 4.78 is 24.9. The number of H-pyrrole nitrogens is 1. The highest BCUT2D eigenvalue weighted by Gasteiger charge is 2.52. The van der Waals surface area contributed by atoms with Crippen LogP contribution in [0, 0.1) is 0 Å². The fourth-order valence-corrected chi connectivity index (χ4v) is 5.29. The molecule has 0 bridgehead atoms. The summed E-state index contributed by atoms with van der Waals surface area (Å²) in [6, 6.07) is 25.4. The molecule has 1 aliphatic heterocycles. The molecule has 214 valence electrons. The molecule has 0 radical (unpaired) electrons. The first-order valence-electron chi connectivity index (χ1n) is 13.1. The van der Waals surface area contributed by atoms with E-state index in [1.54, 1.807) is 14.2 Å². The van der Waals surface area contributed by atoms with Gasteiger partial charge in [-0.25, -0.2) is 4.79 Å². The molecule has 5 rings (SSSR count). The van der Waals surface area contributed by atoms with Gasteiger partial charge >= 0.3 is 5.69 Å². The molecule has 10 nitrogen and oxygen atoms in total. The third-order valence-electron chi connectivity index (χ3n) is 7.34. The summed E-state index contributed by atoms with van der Waals surface area (Å²) in [5.74, 6) is 1.29. The number of ether oxygens (including phenoxy) is 4. The van der Waals surface area contributed by atoms with E-state index in [1.807, 2.05) is 78.9 Å². The summed E-state index contributed by atoms with van der Waals surface area (Å²) >= 11 is 0. The molecule has 3 aromatic carbocycles. The first-order chi connectivity index (χ1) is 19.8. The number of benzene rings is 3. The van der Waals surface area contributed by atoms with E-state index in [-0.39, 0.29) is 0 Å². The average molecular weight is 561 g/mol. The summed E-state index contributed by atoms with van der Waals surface area (Å²) in [6.45, 7) is 1.52. The predicted molar refractivity (Wildman–Crippen MR) is 150 cm³/mol. The second-order valence-electron chi connectivity index (χ2n) is 9.83. The molecule has 5 unspecified atom stereocenters. The lowest BCUT2D eigenvalue weighted by molar-refractivity contribution is -0.127. The molecule has 1 saturated heterocycles. The van der Waals surface area contributed by atoms with Crippen LogP contribution in [-0.2, 0) is 15.1 Å². The molecule has 1 fully saturated rings. The van der Waals surface area contributed by atoms with Gasteiger partial charge in [0.1, 0.15) is 35.4 Å². The Balaban J connectivity index is 1.70. The number of aliphatic hydroxyl groups excluding tert-OH is 2. The molecule has 0 saturated carbocycles. The molecule has 4 aromatic rings. The van der Waals surface area contributed by atoms with Crippen LogP contribution in [0.4, 0.5) is 0 Å². The summed E-state index contributed by atoms with van der Waals surface area (Å²) in [5.41, 5.74) is -0.470. The summed E-state index contributed by atoms with van der Waals surface area (Å²) in [4.78, 5) is 26.5. The van der Waals surface area contributed by atoms with Gasteiger partial charge in [-0.3, -0.25) is 14.3 Å². The molecule has 1 aromatic heterocycles. The number of rotatable bonds is 9. The van der Waals surface area contributed by atoms with Crippen LogP contribution in [0.3, 0.4) is 0 Å². The van der Waals surface area contributed by atoms with E-state index in [1.165, 1.54) is 13.1 Å². The maximum absolute atomic E-state index is 12.6. The van der Waals surface area contributed by atoms with Gasteiger partial charge in [-0.1, -0.05) is 54.6 Å². The van der Waals surface area contributed by atoms with Gasteiger partial charge in [0.25, 0.3) is 5.56 Å². The molecule has 2 heterocycles. The molecule has 1 aliphatic rings. The zero-order valence-electron chi connectivity index (χ0n) is 22.8. The van der Waals surface area contributed by atoms with Gasteiger partial charge in [0, 0.05) is 12.3 Å². The van der Waals surface area contributed by atoms with Gasteiger partial charge in [-0.15, -0.1) is 0 Å². The topological polar surface area (TPSA) is 132 Å². The second-order valence-corrected chi connectivity index (χ2v) is 9.83. The van der Waals surface area contributed by atoms with E-state index in [2.05, 4.69) is 4.98 Å². The Bertz CT molecular complexity index is 1520. The maximum atomic E-state index is 12.6. The van der Waals surface area contributed by atoms with Gasteiger partial charge in [-0.05, 0) is 47.9 Å². The fraction of sp³-hybridized carbons (Fsp3) is 0.290. The van der Waals surface area contributed by atoms with Crippen LogP contribution < -0.4 is 20.7 Å². The van der Waals surface area contributed by atoms with Crippen LogP contribution in [0.1, 0.15) is 29.8 Å². The van der Waals surface area contributed by atoms with Crippen LogP contribution in [0.25, 0.3) is 0 Å². The Morgan fingerprint density at radius 3 is 1.88 bits per heavy atom. The van der Waals surface area contributed by atoms with Crippen molar-refractivity contribution in [3.63, 3.8) is 0 Å². The highest BCUT2D eigenvalue weighted by Crippen LogP contribution is 2.46. The first kappa shape index (κ1) is 28.3. The summed E-state index contributed by atoms with van der Waals surface area (Å²) in [7, 11) is 3.16. The number of hydrogen-bond donors (Lipinski definition) is 3. The van der Waals surface area contributed by atoms with Crippen LogP contribution in [-0.4, -0.2) is 58.4 Å².